The molecule has 3 aromatic rings. The summed E-state index contributed by atoms with van der Waals surface area (Å²) in [5.41, 5.74) is 2.44. The lowest BCUT2D eigenvalue weighted by Gasteiger charge is -2.07. The van der Waals surface area contributed by atoms with Gasteiger partial charge in [-0.15, -0.1) is 0 Å². The van der Waals surface area contributed by atoms with Gasteiger partial charge in [0.15, 0.2) is 0 Å². The number of rotatable bonds is 3. The van der Waals surface area contributed by atoms with E-state index in [-0.39, 0.29) is 5.91 Å². The number of hydrogen-bond acceptors (Lipinski definition) is 2. The molecule has 0 spiro atoms. The summed E-state index contributed by atoms with van der Waals surface area (Å²) in [7, 11) is 0. The zero-order valence-electron chi connectivity index (χ0n) is 10.3. The van der Waals surface area contributed by atoms with E-state index in [1.165, 1.54) is 0 Å². The van der Waals surface area contributed by atoms with Gasteiger partial charge in [0.25, 0.3) is 5.91 Å². The van der Waals surface area contributed by atoms with Gasteiger partial charge in [-0.05, 0) is 17.7 Å². The normalized spacial score (nSPS) is 10.5. The molecule has 0 fully saturated rings. The Morgan fingerprint density at radius 3 is 2.79 bits per heavy atom. The summed E-state index contributed by atoms with van der Waals surface area (Å²) in [6, 6.07) is 15.3. The number of aromatic nitrogens is 2. The Balaban J connectivity index is 1.79. The van der Waals surface area contributed by atoms with Gasteiger partial charge >= 0.3 is 0 Å². The Kier molecular flexibility index (Phi) is 2.98. The molecular formula is C15H13N3O. The second-order valence-corrected chi connectivity index (χ2v) is 4.23. The molecule has 94 valence electrons. The summed E-state index contributed by atoms with van der Waals surface area (Å²) >= 11 is 0. The summed E-state index contributed by atoms with van der Waals surface area (Å²) in [5.74, 6) is -0.104. The number of fused-ring (bicyclic) bond motifs is 1. The lowest BCUT2D eigenvalue weighted by atomic mass is 10.2. The summed E-state index contributed by atoms with van der Waals surface area (Å²) in [6.45, 7) is 0.519. The zero-order valence-corrected chi connectivity index (χ0v) is 10.3. The molecule has 3 rings (SSSR count). The molecule has 19 heavy (non-hydrogen) atoms. The van der Waals surface area contributed by atoms with E-state index in [1.807, 2.05) is 42.5 Å². The molecule has 0 radical (unpaired) electrons. The van der Waals surface area contributed by atoms with Gasteiger partial charge in [0.05, 0.1) is 0 Å². The Labute approximate surface area is 110 Å². The Hall–Kier alpha value is -2.62. The van der Waals surface area contributed by atoms with Crippen LogP contribution < -0.4 is 5.32 Å². The average Bonchev–Trinajstić information content (AvgIpc) is 2.94. The first-order valence-electron chi connectivity index (χ1n) is 6.09. The van der Waals surface area contributed by atoms with Crippen molar-refractivity contribution in [2.24, 2.45) is 0 Å². The highest BCUT2D eigenvalue weighted by Gasteiger charge is 2.09. The second-order valence-electron chi connectivity index (χ2n) is 4.23. The van der Waals surface area contributed by atoms with E-state index < -0.39 is 0 Å². The fourth-order valence-electron chi connectivity index (χ4n) is 2.00. The summed E-state index contributed by atoms with van der Waals surface area (Å²) < 4.78 is 1.78. The molecular weight excluding hydrogens is 238 g/mol. The highest BCUT2D eigenvalue weighted by atomic mass is 16.1. The van der Waals surface area contributed by atoms with Gasteiger partial charge in [-0.2, -0.15) is 0 Å². The minimum atomic E-state index is -0.104. The van der Waals surface area contributed by atoms with E-state index in [1.54, 1.807) is 22.9 Å². The third-order valence-electron chi connectivity index (χ3n) is 2.96. The van der Waals surface area contributed by atoms with Gasteiger partial charge in [-0.3, -0.25) is 9.20 Å². The van der Waals surface area contributed by atoms with Gasteiger partial charge < -0.3 is 5.32 Å². The van der Waals surface area contributed by atoms with Crippen LogP contribution in [0.4, 0.5) is 0 Å². The monoisotopic (exact) mass is 251 g/mol. The predicted molar refractivity (Wildman–Crippen MR) is 72.8 cm³/mol. The standard InChI is InChI=1S/C15H13N3O/c19-15(17-11-12-5-2-1-3-6-12)13-7-4-8-14-16-9-10-18(13)14/h1-10H,11H2,(H,17,19). The third-order valence-corrected chi connectivity index (χ3v) is 2.96. The van der Waals surface area contributed by atoms with Crippen molar-refractivity contribution in [3.05, 3.63) is 72.2 Å². The molecule has 0 saturated heterocycles. The maximum Gasteiger partial charge on any atom is 0.268 e. The molecule has 1 N–H and O–H groups in total. The lowest BCUT2D eigenvalue weighted by molar-refractivity contribution is 0.0944. The fraction of sp³-hybridized carbons (Fsp3) is 0.0667. The van der Waals surface area contributed by atoms with Gasteiger partial charge in [-0.1, -0.05) is 36.4 Å². The third kappa shape index (κ3) is 2.33. The van der Waals surface area contributed by atoms with Crippen molar-refractivity contribution in [1.82, 2.24) is 14.7 Å². The lowest BCUT2D eigenvalue weighted by Crippen LogP contribution is -2.24. The number of imidazole rings is 1. The number of nitrogens with one attached hydrogen (secondary N) is 1. The SMILES string of the molecule is O=C(NCc1ccccc1)c1cccc2nccn12. The number of amides is 1. The molecule has 0 aliphatic rings. The number of carbonyl (C=O) groups excluding carboxylic acids is 1. The van der Waals surface area contributed by atoms with Gasteiger partial charge in [0.1, 0.15) is 11.3 Å². The summed E-state index contributed by atoms with van der Waals surface area (Å²) in [5, 5.41) is 2.91. The Morgan fingerprint density at radius 2 is 1.95 bits per heavy atom. The maximum absolute atomic E-state index is 12.2. The Bertz CT molecular complexity index is 703. The van der Waals surface area contributed by atoms with Crippen molar-refractivity contribution in [3.8, 4) is 0 Å². The van der Waals surface area contributed by atoms with Crippen molar-refractivity contribution < 1.29 is 4.79 Å². The largest absolute Gasteiger partial charge is 0.347 e. The quantitative estimate of drug-likeness (QED) is 0.776. The van der Waals surface area contributed by atoms with Crippen LogP contribution in [0.3, 0.4) is 0 Å². The number of nitrogens with zero attached hydrogens (tertiary/aromatic N) is 2. The molecule has 0 unspecified atom stereocenters. The van der Waals surface area contributed by atoms with E-state index in [9.17, 15) is 4.79 Å². The minimum Gasteiger partial charge on any atom is -0.347 e. The smallest absolute Gasteiger partial charge is 0.268 e. The number of pyridine rings is 1. The number of benzene rings is 1. The second kappa shape index (κ2) is 4.94. The van der Waals surface area contributed by atoms with E-state index >= 15 is 0 Å². The van der Waals surface area contributed by atoms with Gasteiger partial charge in [0, 0.05) is 18.9 Å². The van der Waals surface area contributed by atoms with E-state index in [2.05, 4.69) is 10.3 Å². The van der Waals surface area contributed by atoms with Gasteiger partial charge in [-0.25, -0.2) is 4.98 Å². The van der Waals surface area contributed by atoms with Crippen LogP contribution in [0.5, 0.6) is 0 Å². The molecule has 0 aliphatic heterocycles. The maximum atomic E-state index is 12.2. The van der Waals surface area contributed by atoms with Crippen LogP contribution in [-0.2, 0) is 6.54 Å². The summed E-state index contributed by atoms with van der Waals surface area (Å²) in [6.07, 6.45) is 3.47. The van der Waals surface area contributed by atoms with Crippen LogP contribution in [0.15, 0.2) is 60.9 Å². The first-order chi connectivity index (χ1) is 9.34. The molecule has 0 saturated carbocycles. The fourth-order valence-corrected chi connectivity index (χ4v) is 2.00. The predicted octanol–water partition coefficient (Wildman–Crippen LogP) is 2.26. The van der Waals surface area contributed by atoms with Crippen molar-refractivity contribution in [3.63, 3.8) is 0 Å². The average molecular weight is 251 g/mol. The van der Waals surface area contributed by atoms with Crippen LogP contribution in [0.25, 0.3) is 5.65 Å². The van der Waals surface area contributed by atoms with Crippen LogP contribution in [0.1, 0.15) is 16.1 Å². The highest BCUT2D eigenvalue weighted by Crippen LogP contribution is 2.06. The summed E-state index contributed by atoms with van der Waals surface area (Å²) in [4.78, 5) is 16.3. The molecule has 4 nitrogen and oxygen atoms in total. The Morgan fingerprint density at radius 1 is 1.11 bits per heavy atom. The van der Waals surface area contributed by atoms with Gasteiger partial charge in [0.2, 0.25) is 0 Å². The first kappa shape index (κ1) is 11.5. The molecule has 2 heterocycles. The van der Waals surface area contributed by atoms with E-state index in [4.69, 9.17) is 0 Å². The minimum absolute atomic E-state index is 0.104. The number of carbonyl (C=O) groups is 1. The van der Waals surface area contributed by atoms with Crippen molar-refractivity contribution in [1.29, 1.82) is 0 Å². The topological polar surface area (TPSA) is 46.4 Å². The zero-order chi connectivity index (χ0) is 13.1. The molecule has 0 bridgehead atoms. The first-order valence-corrected chi connectivity index (χ1v) is 6.09. The van der Waals surface area contributed by atoms with Crippen LogP contribution in [0.2, 0.25) is 0 Å². The van der Waals surface area contributed by atoms with E-state index in [0.29, 0.717) is 12.2 Å². The van der Waals surface area contributed by atoms with Crippen LogP contribution in [-0.4, -0.2) is 15.3 Å². The highest BCUT2D eigenvalue weighted by molar-refractivity contribution is 5.93. The number of hydrogen-bond donors (Lipinski definition) is 1. The molecule has 2 aromatic heterocycles. The molecule has 4 heteroatoms. The molecule has 0 atom stereocenters. The van der Waals surface area contributed by atoms with Crippen LogP contribution in [0, 0.1) is 0 Å². The molecule has 1 aromatic carbocycles. The van der Waals surface area contributed by atoms with Crippen molar-refractivity contribution in [2.45, 2.75) is 6.54 Å². The van der Waals surface area contributed by atoms with E-state index in [0.717, 1.165) is 11.2 Å². The van der Waals surface area contributed by atoms with Crippen molar-refractivity contribution in [2.75, 3.05) is 0 Å². The molecule has 1 amide bonds. The molecule has 0 aliphatic carbocycles. The van der Waals surface area contributed by atoms with Crippen molar-refractivity contribution >= 4 is 11.6 Å². The van der Waals surface area contributed by atoms with Crippen LogP contribution >= 0.6 is 0 Å².